The lowest BCUT2D eigenvalue weighted by Gasteiger charge is -2.21. The number of anilines is 2. The maximum atomic E-state index is 12.0. The topological polar surface area (TPSA) is 105 Å². The van der Waals surface area contributed by atoms with Crippen molar-refractivity contribution in [1.82, 2.24) is 24.7 Å². The molecule has 1 aliphatic carbocycles. The van der Waals surface area contributed by atoms with E-state index in [0.29, 0.717) is 36.5 Å². The molecule has 1 unspecified atom stereocenters. The Balaban J connectivity index is 1.38. The number of nitrogens with zero attached hydrogens (tertiary/aromatic N) is 3. The third kappa shape index (κ3) is 3.97. The highest BCUT2D eigenvalue weighted by Crippen LogP contribution is 2.28. The van der Waals surface area contributed by atoms with Gasteiger partial charge in [-0.3, -0.25) is 0 Å². The van der Waals surface area contributed by atoms with Crippen molar-refractivity contribution in [2.75, 3.05) is 18.5 Å². The van der Waals surface area contributed by atoms with Gasteiger partial charge in [-0.05, 0) is 48.9 Å². The molecule has 3 aromatic rings. The maximum absolute atomic E-state index is 12.0. The summed E-state index contributed by atoms with van der Waals surface area (Å²) in [5, 5.41) is 3.25. The summed E-state index contributed by atoms with van der Waals surface area (Å²) in [6.07, 6.45) is 8.77. The Kier molecular flexibility index (Phi) is 5.15. The molecule has 2 aliphatic rings. The first kappa shape index (κ1) is 18.5. The van der Waals surface area contributed by atoms with Crippen LogP contribution in [0.5, 0.6) is 5.88 Å². The first-order valence-electron chi connectivity index (χ1n) is 10.2. The van der Waals surface area contributed by atoms with Gasteiger partial charge in [0.15, 0.2) is 5.65 Å². The predicted octanol–water partition coefficient (Wildman–Crippen LogP) is 3.22. The molecule has 9 heteroatoms. The number of hydrogen-bond acceptors (Lipinski definition) is 6. The van der Waals surface area contributed by atoms with E-state index in [-0.39, 0.29) is 0 Å². The lowest BCUT2D eigenvalue weighted by Crippen LogP contribution is -2.26. The standard InChI is InChI=1S/C20H24N6O2S/c27-29-16-7-6-15(10-14(16)8-9-23-29)24-20-25-18-17(21-12-22-18)19(26-20)28-11-13-4-2-1-3-5-13/h6-7,10,12-13,23H,1-5,8-9,11H2,(H2,21,22,24,25,26). The Morgan fingerprint density at radius 3 is 3.00 bits per heavy atom. The van der Waals surface area contributed by atoms with E-state index in [4.69, 9.17) is 4.74 Å². The normalized spacial score (nSPS) is 19.8. The molecule has 0 spiro atoms. The van der Waals surface area contributed by atoms with Crippen molar-refractivity contribution in [1.29, 1.82) is 0 Å². The Morgan fingerprint density at radius 2 is 2.10 bits per heavy atom. The highest BCUT2D eigenvalue weighted by atomic mass is 32.2. The van der Waals surface area contributed by atoms with E-state index in [9.17, 15) is 4.21 Å². The largest absolute Gasteiger partial charge is 0.476 e. The first-order chi connectivity index (χ1) is 14.3. The average molecular weight is 413 g/mol. The summed E-state index contributed by atoms with van der Waals surface area (Å²) in [6, 6.07) is 5.78. The van der Waals surface area contributed by atoms with E-state index in [0.717, 1.165) is 28.1 Å². The number of ether oxygens (including phenoxy) is 1. The zero-order valence-electron chi connectivity index (χ0n) is 16.1. The fraction of sp³-hybridized carbons (Fsp3) is 0.450. The second-order valence-electron chi connectivity index (χ2n) is 7.63. The van der Waals surface area contributed by atoms with Crippen LogP contribution in [0, 0.1) is 5.92 Å². The number of fused-ring (bicyclic) bond motifs is 2. The lowest BCUT2D eigenvalue weighted by molar-refractivity contribution is 0.205. The molecule has 1 fully saturated rings. The number of H-pyrrole nitrogens is 1. The molecule has 0 saturated heterocycles. The molecule has 0 bridgehead atoms. The maximum Gasteiger partial charge on any atom is 0.245 e. The van der Waals surface area contributed by atoms with Crippen LogP contribution in [0.3, 0.4) is 0 Å². The van der Waals surface area contributed by atoms with Crippen LogP contribution in [0.2, 0.25) is 0 Å². The molecule has 3 heterocycles. The van der Waals surface area contributed by atoms with Gasteiger partial charge in [-0.2, -0.15) is 9.97 Å². The Morgan fingerprint density at radius 1 is 1.21 bits per heavy atom. The zero-order chi connectivity index (χ0) is 19.6. The fourth-order valence-electron chi connectivity index (χ4n) is 4.04. The van der Waals surface area contributed by atoms with Crippen molar-refractivity contribution in [3.05, 3.63) is 30.1 Å². The number of hydrogen-bond donors (Lipinski definition) is 3. The number of aromatic amines is 1. The molecular formula is C20H24N6O2S. The van der Waals surface area contributed by atoms with Crippen molar-refractivity contribution in [2.45, 2.75) is 43.4 Å². The van der Waals surface area contributed by atoms with Crippen molar-refractivity contribution in [3.63, 3.8) is 0 Å². The zero-order valence-corrected chi connectivity index (χ0v) is 16.9. The van der Waals surface area contributed by atoms with E-state index in [1.165, 1.54) is 32.1 Å². The van der Waals surface area contributed by atoms with Crippen molar-refractivity contribution < 1.29 is 8.95 Å². The molecule has 2 aromatic heterocycles. The molecule has 3 N–H and O–H groups in total. The van der Waals surface area contributed by atoms with E-state index in [2.05, 4.69) is 30.0 Å². The average Bonchev–Trinajstić information content (AvgIpc) is 3.22. The third-order valence-corrected chi connectivity index (χ3v) is 6.84. The number of nitrogens with one attached hydrogen (secondary N) is 3. The number of aromatic nitrogens is 4. The molecular weight excluding hydrogens is 388 g/mol. The highest BCUT2D eigenvalue weighted by molar-refractivity contribution is 7.83. The van der Waals surface area contributed by atoms with Crippen LogP contribution < -0.4 is 14.8 Å². The number of imidazole rings is 1. The smallest absolute Gasteiger partial charge is 0.245 e. The summed E-state index contributed by atoms with van der Waals surface area (Å²) in [5.41, 5.74) is 3.22. The van der Waals surface area contributed by atoms with Crippen molar-refractivity contribution >= 4 is 33.8 Å². The minimum absolute atomic E-state index is 0.443. The minimum atomic E-state index is -1.14. The van der Waals surface area contributed by atoms with E-state index >= 15 is 0 Å². The molecule has 152 valence electrons. The molecule has 1 aromatic carbocycles. The van der Waals surface area contributed by atoms with Crippen LogP contribution in [0.1, 0.15) is 37.7 Å². The summed E-state index contributed by atoms with van der Waals surface area (Å²) in [7, 11) is -1.14. The van der Waals surface area contributed by atoms with E-state index < -0.39 is 11.0 Å². The highest BCUT2D eigenvalue weighted by Gasteiger charge is 2.18. The van der Waals surface area contributed by atoms with E-state index in [1.54, 1.807) is 6.33 Å². The second-order valence-corrected chi connectivity index (χ2v) is 8.90. The first-order valence-corrected chi connectivity index (χ1v) is 11.3. The van der Waals surface area contributed by atoms with Gasteiger partial charge in [-0.25, -0.2) is 13.9 Å². The van der Waals surface area contributed by atoms with Crippen LogP contribution in [0.15, 0.2) is 29.4 Å². The summed E-state index contributed by atoms with van der Waals surface area (Å²) in [4.78, 5) is 17.3. The van der Waals surface area contributed by atoms with Gasteiger partial charge in [0.25, 0.3) is 0 Å². The number of benzene rings is 1. The lowest BCUT2D eigenvalue weighted by atomic mass is 9.90. The molecule has 8 nitrogen and oxygen atoms in total. The summed E-state index contributed by atoms with van der Waals surface area (Å²) >= 11 is 0. The van der Waals surface area contributed by atoms with Gasteiger partial charge in [0.05, 0.1) is 17.8 Å². The fourth-order valence-corrected chi connectivity index (χ4v) is 5.07. The summed E-state index contributed by atoms with van der Waals surface area (Å²) in [5.74, 6) is 1.56. The van der Waals surface area contributed by atoms with E-state index in [1.807, 2.05) is 18.2 Å². The number of rotatable bonds is 5. The van der Waals surface area contributed by atoms with Crippen LogP contribution >= 0.6 is 0 Å². The van der Waals surface area contributed by atoms with Crippen LogP contribution in [0.4, 0.5) is 11.6 Å². The van der Waals surface area contributed by atoms with Gasteiger partial charge >= 0.3 is 0 Å². The van der Waals surface area contributed by atoms with Gasteiger partial charge in [0.2, 0.25) is 11.8 Å². The Bertz CT molecular complexity index is 1050. The molecule has 5 rings (SSSR count). The van der Waals surface area contributed by atoms with Gasteiger partial charge in [0.1, 0.15) is 16.5 Å². The monoisotopic (exact) mass is 412 g/mol. The Labute approximate surface area is 171 Å². The van der Waals surface area contributed by atoms with Gasteiger partial charge in [-0.15, -0.1) is 0 Å². The van der Waals surface area contributed by atoms with Crippen LogP contribution in [-0.4, -0.2) is 37.3 Å². The van der Waals surface area contributed by atoms with Gasteiger partial charge in [0, 0.05) is 12.2 Å². The minimum Gasteiger partial charge on any atom is -0.476 e. The molecule has 0 radical (unpaired) electrons. The molecule has 29 heavy (non-hydrogen) atoms. The second kappa shape index (κ2) is 8.08. The van der Waals surface area contributed by atoms with Crippen molar-refractivity contribution in [3.8, 4) is 5.88 Å². The summed E-state index contributed by atoms with van der Waals surface area (Å²) < 4.78 is 21.1. The van der Waals surface area contributed by atoms with Gasteiger partial charge < -0.3 is 15.0 Å². The quantitative estimate of drug-likeness (QED) is 0.594. The molecule has 0 amide bonds. The molecule has 1 atom stereocenters. The van der Waals surface area contributed by atoms with Crippen LogP contribution in [-0.2, 0) is 17.4 Å². The molecule has 1 aliphatic heterocycles. The third-order valence-electron chi connectivity index (χ3n) is 5.58. The van der Waals surface area contributed by atoms with Gasteiger partial charge in [-0.1, -0.05) is 19.3 Å². The summed E-state index contributed by atoms with van der Waals surface area (Å²) in [6.45, 7) is 1.38. The van der Waals surface area contributed by atoms with Crippen LogP contribution in [0.25, 0.3) is 11.2 Å². The predicted molar refractivity (Wildman–Crippen MR) is 112 cm³/mol. The SMILES string of the molecule is O=S1NCCc2cc(Nc3nc(OCC4CCCCC4)c4[nH]cnc4n3)ccc21. The Hall–Kier alpha value is -2.52. The van der Waals surface area contributed by atoms with Crippen molar-refractivity contribution in [2.24, 2.45) is 5.92 Å². The molecule has 1 saturated carbocycles.